The van der Waals surface area contributed by atoms with Gasteiger partial charge in [-0.1, -0.05) is 59.1 Å². The van der Waals surface area contributed by atoms with Crippen molar-refractivity contribution in [1.82, 2.24) is 4.98 Å². The van der Waals surface area contributed by atoms with Gasteiger partial charge in [-0.15, -0.1) is 0 Å². The Morgan fingerprint density at radius 2 is 1.67 bits per heavy atom. The van der Waals surface area contributed by atoms with Crippen LogP contribution in [0, 0.1) is 6.07 Å². The van der Waals surface area contributed by atoms with Crippen LogP contribution in [0.5, 0.6) is 0 Å². The molecule has 21 heavy (non-hydrogen) atoms. The number of pyridine rings is 1. The summed E-state index contributed by atoms with van der Waals surface area (Å²) in [6, 6.07) is 18.0. The SMILES string of the molecule is Clc1ccc(-c2[c]cc(-c3cccc(Cl)c3Cl)nc2)cc1. The van der Waals surface area contributed by atoms with Gasteiger partial charge in [0.2, 0.25) is 0 Å². The van der Waals surface area contributed by atoms with Gasteiger partial charge in [0.15, 0.2) is 0 Å². The van der Waals surface area contributed by atoms with E-state index in [0.717, 1.165) is 22.4 Å². The van der Waals surface area contributed by atoms with Gasteiger partial charge in [-0.05, 0) is 35.9 Å². The molecular weight excluding hydrogens is 325 g/mol. The maximum Gasteiger partial charge on any atom is 0.0724 e. The molecule has 0 saturated carbocycles. The topological polar surface area (TPSA) is 12.9 Å². The number of hydrogen-bond donors (Lipinski definition) is 0. The number of aromatic nitrogens is 1. The van der Waals surface area contributed by atoms with Crippen LogP contribution in [0.25, 0.3) is 22.4 Å². The quantitative estimate of drug-likeness (QED) is 0.546. The largest absolute Gasteiger partial charge is 0.256 e. The van der Waals surface area contributed by atoms with Gasteiger partial charge in [-0.25, -0.2) is 0 Å². The summed E-state index contributed by atoms with van der Waals surface area (Å²) >= 11 is 18.1. The Labute approximate surface area is 138 Å². The molecule has 0 fully saturated rings. The summed E-state index contributed by atoms with van der Waals surface area (Å²) in [6.07, 6.45) is 1.76. The van der Waals surface area contributed by atoms with E-state index in [1.807, 2.05) is 42.5 Å². The highest BCUT2D eigenvalue weighted by molar-refractivity contribution is 6.43. The van der Waals surface area contributed by atoms with Crippen molar-refractivity contribution in [3.05, 3.63) is 75.9 Å². The lowest BCUT2D eigenvalue weighted by Crippen LogP contribution is -1.87. The molecular formula is C17H9Cl3N. The van der Waals surface area contributed by atoms with Crippen LogP contribution in [-0.2, 0) is 0 Å². The normalized spacial score (nSPS) is 10.6. The summed E-state index contributed by atoms with van der Waals surface area (Å²) in [5, 5.41) is 1.71. The van der Waals surface area contributed by atoms with E-state index in [0.29, 0.717) is 15.1 Å². The second kappa shape index (κ2) is 6.07. The highest BCUT2D eigenvalue weighted by Crippen LogP contribution is 2.33. The minimum Gasteiger partial charge on any atom is -0.256 e. The van der Waals surface area contributed by atoms with Crippen LogP contribution in [0.1, 0.15) is 0 Å². The molecule has 103 valence electrons. The minimum absolute atomic E-state index is 0.499. The summed E-state index contributed by atoms with van der Waals surface area (Å²) in [4.78, 5) is 4.44. The Morgan fingerprint density at radius 1 is 0.905 bits per heavy atom. The molecule has 0 aliphatic carbocycles. The van der Waals surface area contributed by atoms with Crippen LogP contribution >= 0.6 is 34.8 Å². The molecule has 0 spiro atoms. The van der Waals surface area contributed by atoms with Gasteiger partial charge < -0.3 is 0 Å². The average molecular weight is 334 g/mol. The van der Waals surface area contributed by atoms with Crippen LogP contribution in [-0.4, -0.2) is 4.98 Å². The molecule has 1 aromatic heterocycles. The first-order chi connectivity index (χ1) is 10.1. The van der Waals surface area contributed by atoms with Gasteiger partial charge in [0.05, 0.1) is 15.7 Å². The van der Waals surface area contributed by atoms with Gasteiger partial charge >= 0.3 is 0 Å². The second-order valence-electron chi connectivity index (χ2n) is 4.45. The molecule has 0 atom stereocenters. The standard InChI is InChI=1S/C17H9Cl3N/c18-13-7-4-11(5-8-13)12-6-9-16(21-10-12)14-2-1-3-15(19)17(14)20/h1-5,7-10H. The third-order valence-corrected chi connectivity index (χ3v) is 4.15. The molecule has 1 radical (unpaired) electrons. The van der Waals surface area contributed by atoms with Crippen LogP contribution < -0.4 is 0 Å². The van der Waals surface area contributed by atoms with Gasteiger partial charge in [0, 0.05) is 22.3 Å². The van der Waals surface area contributed by atoms with Crippen LogP contribution in [0.2, 0.25) is 15.1 Å². The molecule has 4 heteroatoms. The predicted molar refractivity (Wildman–Crippen MR) is 89.0 cm³/mol. The lowest BCUT2D eigenvalue weighted by atomic mass is 10.1. The smallest absolute Gasteiger partial charge is 0.0724 e. The molecule has 0 aliphatic rings. The summed E-state index contributed by atoms with van der Waals surface area (Å²) in [6.45, 7) is 0. The zero-order valence-electron chi connectivity index (χ0n) is 10.8. The first kappa shape index (κ1) is 14.4. The Balaban J connectivity index is 1.97. The highest BCUT2D eigenvalue weighted by atomic mass is 35.5. The van der Waals surface area contributed by atoms with Gasteiger partial charge in [-0.2, -0.15) is 0 Å². The van der Waals surface area contributed by atoms with Gasteiger partial charge in [0.1, 0.15) is 0 Å². The number of nitrogens with zero attached hydrogens (tertiary/aromatic N) is 1. The Kier molecular flexibility index (Phi) is 4.16. The van der Waals surface area contributed by atoms with Crippen molar-refractivity contribution in [3.63, 3.8) is 0 Å². The van der Waals surface area contributed by atoms with Crippen molar-refractivity contribution < 1.29 is 0 Å². The fourth-order valence-corrected chi connectivity index (χ4v) is 2.51. The minimum atomic E-state index is 0.499. The van der Waals surface area contributed by atoms with E-state index < -0.39 is 0 Å². The first-order valence-electron chi connectivity index (χ1n) is 6.23. The average Bonchev–Trinajstić information content (AvgIpc) is 2.51. The zero-order chi connectivity index (χ0) is 14.8. The van der Waals surface area contributed by atoms with Crippen molar-refractivity contribution in [2.45, 2.75) is 0 Å². The van der Waals surface area contributed by atoms with E-state index in [9.17, 15) is 0 Å². The van der Waals surface area contributed by atoms with Crippen LogP contribution in [0.4, 0.5) is 0 Å². The van der Waals surface area contributed by atoms with Gasteiger partial charge in [-0.3, -0.25) is 4.98 Å². The molecule has 2 aromatic carbocycles. The van der Waals surface area contributed by atoms with Gasteiger partial charge in [0.25, 0.3) is 0 Å². The third kappa shape index (κ3) is 3.06. The Morgan fingerprint density at radius 3 is 2.33 bits per heavy atom. The molecule has 1 nitrogen and oxygen atoms in total. The maximum atomic E-state index is 6.20. The summed E-state index contributed by atoms with van der Waals surface area (Å²) < 4.78 is 0. The summed E-state index contributed by atoms with van der Waals surface area (Å²) in [7, 11) is 0. The molecule has 0 N–H and O–H groups in total. The van der Waals surface area contributed by atoms with E-state index in [4.69, 9.17) is 34.8 Å². The Hall–Kier alpha value is -1.54. The van der Waals surface area contributed by atoms with Crippen LogP contribution in [0.3, 0.4) is 0 Å². The second-order valence-corrected chi connectivity index (χ2v) is 5.68. The van der Waals surface area contributed by atoms with Crippen molar-refractivity contribution in [2.24, 2.45) is 0 Å². The molecule has 0 unspecified atom stereocenters. The summed E-state index contributed by atoms with van der Waals surface area (Å²) in [5.74, 6) is 0. The fourth-order valence-electron chi connectivity index (χ4n) is 1.99. The van der Waals surface area contributed by atoms with Crippen LogP contribution in [0.15, 0.2) is 54.7 Å². The lowest BCUT2D eigenvalue weighted by Gasteiger charge is -2.06. The molecule has 3 aromatic rings. The van der Waals surface area contributed by atoms with E-state index in [2.05, 4.69) is 11.1 Å². The Bertz CT molecular complexity index is 765. The predicted octanol–water partition coefficient (Wildman–Crippen LogP) is 6.18. The number of halogens is 3. The maximum absolute atomic E-state index is 6.20. The molecule has 1 heterocycles. The van der Waals surface area contributed by atoms with Crippen molar-refractivity contribution in [1.29, 1.82) is 0 Å². The molecule has 0 bridgehead atoms. The monoisotopic (exact) mass is 332 g/mol. The van der Waals surface area contributed by atoms with E-state index in [-0.39, 0.29) is 0 Å². The fraction of sp³-hybridized carbons (Fsp3) is 0. The molecule has 0 amide bonds. The van der Waals surface area contributed by atoms with E-state index >= 15 is 0 Å². The number of rotatable bonds is 2. The van der Waals surface area contributed by atoms with Crippen molar-refractivity contribution >= 4 is 34.8 Å². The number of hydrogen-bond acceptors (Lipinski definition) is 1. The highest BCUT2D eigenvalue weighted by Gasteiger charge is 2.08. The third-order valence-electron chi connectivity index (χ3n) is 3.08. The van der Waals surface area contributed by atoms with Crippen molar-refractivity contribution in [3.8, 4) is 22.4 Å². The molecule has 0 saturated heterocycles. The van der Waals surface area contributed by atoms with E-state index in [1.165, 1.54) is 0 Å². The van der Waals surface area contributed by atoms with Crippen molar-refractivity contribution in [2.75, 3.05) is 0 Å². The van der Waals surface area contributed by atoms with E-state index in [1.54, 1.807) is 12.3 Å². The molecule has 3 rings (SSSR count). The zero-order valence-corrected chi connectivity index (χ0v) is 13.0. The number of benzene rings is 2. The summed E-state index contributed by atoms with van der Waals surface area (Å²) in [5.41, 5.74) is 3.44. The molecule has 0 aliphatic heterocycles. The lowest BCUT2D eigenvalue weighted by molar-refractivity contribution is 1.32. The first-order valence-corrected chi connectivity index (χ1v) is 7.36.